The molecule has 0 radical (unpaired) electrons. The molecular weight excluding hydrogens is 256 g/mol. The van der Waals surface area contributed by atoms with Crippen molar-refractivity contribution >= 4 is 17.1 Å². The largest absolute Gasteiger partial charge is 0.299 e. The highest BCUT2D eigenvalue weighted by molar-refractivity contribution is 7.11. The molecule has 1 aliphatic carbocycles. The summed E-state index contributed by atoms with van der Waals surface area (Å²) in [6, 6.07) is 0.496. The maximum Gasteiger partial charge on any atom is 0.137 e. The van der Waals surface area contributed by atoms with Gasteiger partial charge in [-0.1, -0.05) is 6.42 Å². The molecule has 4 heteroatoms. The minimum absolute atomic E-state index is 0.310. The zero-order valence-corrected chi connectivity index (χ0v) is 12.4. The number of Topliss-reactive ketones (excluding diaryl/α,β-unsaturated/α-hetero) is 1. The minimum atomic E-state index is 0.310. The number of rotatable bonds is 3. The molecule has 0 spiro atoms. The Kier molecular flexibility index (Phi) is 3.99. The number of hydrogen-bond donors (Lipinski definition) is 0. The van der Waals surface area contributed by atoms with Gasteiger partial charge in [-0.2, -0.15) is 0 Å². The van der Waals surface area contributed by atoms with Crippen molar-refractivity contribution in [3.05, 3.63) is 16.1 Å². The maximum atomic E-state index is 12.1. The second kappa shape index (κ2) is 5.71. The fourth-order valence-electron chi connectivity index (χ4n) is 3.60. The number of nitrogens with zero attached hydrogens (tertiary/aromatic N) is 2. The Morgan fingerprint density at radius 3 is 3.00 bits per heavy atom. The molecule has 3 nitrogen and oxygen atoms in total. The van der Waals surface area contributed by atoms with E-state index in [0.717, 1.165) is 37.4 Å². The van der Waals surface area contributed by atoms with Crippen LogP contribution in [0.5, 0.6) is 0 Å². The summed E-state index contributed by atoms with van der Waals surface area (Å²) >= 11 is 1.79. The monoisotopic (exact) mass is 278 g/mol. The first-order chi connectivity index (χ1) is 9.24. The highest BCUT2D eigenvalue weighted by atomic mass is 32.1. The van der Waals surface area contributed by atoms with Gasteiger partial charge in [0.15, 0.2) is 0 Å². The molecule has 104 valence electrons. The Morgan fingerprint density at radius 2 is 2.26 bits per heavy atom. The van der Waals surface area contributed by atoms with Crippen LogP contribution < -0.4 is 0 Å². The lowest BCUT2D eigenvalue weighted by Crippen LogP contribution is -2.40. The quantitative estimate of drug-likeness (QED) is 0.851. The van der Waals surface area contributed by atoms with E-state index in [2.05, 4.69) is 16.8 Å². The van der Waals surface area contributed by atoms with Gasteiger partial charge < -0.3 is 0 Å². The lowest BCUT2D eigenvalue weighted by Gasteiger charge is -2.32. The number of aromatic nitrogens is 1. The topological polar surface area (TPSA) is 33.2 Å². The summed E-state index contributed by atoms with van der Waals surface area (Å²) < 4.78 is 0. The molecule has 1 saturated carbocycles. The summed E-state index contributed by atoms with van der Waals surface area (Å²) in [5.74, 6) is 0.828. The first-order valence-corrected chi connectivity index (χ1v) is 8.24. The van der Waals surface area contributed by atoms with Crippen LogP contribution in [-0.4, -0.2) is 28.3 Å². The van der Waals surface area contributed by atoms with Crippen LogP contribution in [-0.2, 0) is 11.3 Å². The van der Waals surface area contributed by atoms with Crippen LogP contribution >= 0.6 is 11.3 Å². The molecular formula is C15H22N2OS. The van der Waals surface area contributed by atoms with Gasteiger partial charge in [0.05, 0.1) is 5.01 Å². The van der Waals surface area contributed by atoms with Gasteiger partial charge in [-0.25, -0.2) is 4.98 Å². The summed E-state index contributed by atoms with van der Waals surface area (Å²) in [6.45, 7) is 4.19. The van der Waals surface area contributed by atoms with Crippen LogP contribution in [0, 0.1) is 12.8 Å². The molecule has 0 bridgehead atoms. The normalized spacial score (nSPS) is 29.0. The fourth-order valence-corrected chi connectivity index (χ4v) is 4.42. The van der Waals surface area contributed by atoms with Crippen molar-refractivity contribution in [1.29, 1.82) is 0 Å². The van der Waals surface area contributed by atoms with Gasteiger partial charge in [0.25, 0.3) is 0 Å². The Labute approximate surface area is 119 Å². The minimum Gasteiger partial charge on any atom is -0.299 e. The van der Waals surface area contributed by atoms with Crippen LogP contribution in [0.3, 0.4) is 0 Å². The van der Waals surface area contributed by atoms with E-state index >= 15 is 0 Å². The highest BCUT2D eigenvalue weighted by Gasteiger charge is 2.36. The number of carbonyl (C=O) groups is 1. The van der Waals surface area contributed by atoms with E-state index < -0.39 is 0 Å². The van der Waals surface area contributed by atoms with Crippen molar-refractivity contribution in [3.63, 3.8) is 0 Å². The number of carbonyl (C=O) groups excluding carboxylic acids is 1. The SMILES string of the molecule is Cc1ncc(CN2CCCC2C2CCCCC2=O)s1. The van der Waals surface area contributed by atoms with Crippen molar-refractivity contribution in [2.45, 2.75) is 58.0 Å². The maximum absolute atomic E-state index is 12.1. The number of thiazole rings is 1. The van der Waals surface area contributed by atoms with Crippen LogP contribution in [0.2, 0.25) is 0 Å². The molecule has 2 heterocycles. The van der Waals surface area contributed by atoms with Crippen LogP contribution in [0.25, 0.3) is 0 Å². The van der Waals surface area contributed by atoms with E-state index in [1.165, 1.54) is 24.1 Å². The van der Waals surface area contributed by atoms with Crippen LogP contribution in [0.4, 0.5) is 0 Å². The van der Waals surface area contributed by atoms with Gasteiger partial charge in [0.2, 0.25) is 0 Å². The van der Waals surface area contributed by atoms with Gasteiger partial charge >= 0.3 is 0 Å². The van der Waals surface area contributed by atoms with Crippen molar-refractivity contribution in [1.82, 2.24) is 9.88 Å². The van der Waals surface area contributed by atoms with Crippen molar-refractivity contribution in [3.8, 4) is 0 Å². The van der Waals surface area contributed by atoms with E-state index in [1.807, 2.05) is 6.20 Å². The number of ketones is 1. The summed E-state index contributed by atoms with van der Waals surface area (Å²) in [5.41, 5.74) is 0. The molecule has 2 unspecified atom stereocenters. The lowest BCUT2D eigenvalue weighted by atomic mass is 9.82. The molecule has 2 aliphatic rings. The number of aryl methyl sites for hydroxylation is 1. The fraction of sp³-hybridized carbons (Fsp3) is 0.733. The van der Waals surface area contributed by atoms with E-state index in [9.17, 15) is 4.79 Å². The van der Waals surface area contributed by atoms with Gasteiger partial charge in [-0.15, -0.1) is 11.3 Å². The van der Waals surface area contributed by atoms with Crippen LogP contribution in [0.1, 0.15) is 48.4 Å². The third-order valence-corrected chi connectivity index (χ3v) is 5.41. The van der Waals surface area contributed by atoms with Gasteiger partial charge in [0, 0.05) is 36.0 Å². The number of hydrogen-bond acceptors (Lipinski definition) is 4. The standard InChI is InChI=1S/C15H22N2OS/c1-11-16-9-12(19-11)10-17-8-4-6-14(17)13-5-2-3-7-15(13)18/h9,13-14H,2-8,10H2,1H3. The van der Waals surface area contributed by atoms with E-state index in [-0.39, 0.29) is 0 Å². The molecule has 2 fully saturated rings. The molecule has 0 amide bonds. The molecule has 1 aromatic heterocycles. The zero-order chi connectivity index (χ0) is 13.2. The third-order valence-electron chi connectivity index (χ3n) is 4.51. The highest BCUT2D eigenvalue weighted by Crippen LogP contribution is 2.33. The average molecular weight is 278 g/mol. The molecule has 0 aromatic carbocycles. The molecule has 3 rings (SSSR count). The summed E-state index contributed by atoms with van der Waals surface area (Å²) in [6.07, 6.45) is 8.71. The number of likely N-dealkylation sites (tertiary alicyclic amines) is 1. The molecule has 2 atom stereocenters. The second-order valence-electron chi connectivity index (χ2n) is 5.84. The van der Waals surface area contributed by atoms with Crippen molar-refractivity contribution < 1.29 is 4.79 Å². The van der Waals surface area contributed by atoms with Gasteiger partial charge in [-0.3, -0.25) is 9.69 Å². The Morgan fingerprint density at radius 1 is 1.37 bits per heavy atom. The second-order valence-corrected chi connectivity index (χ2v) is 7.16. The summed E-state index contributed by atoms with van der Waals surface area (Å²) in [4.78, 5) is 20.4. The Bertz CT molecular complexity index is 457. The first kappa shape index (κ1) is 13.3. The van der Waals surface area contributed by atoms with E-state index in [0.29, 0.717) is 17.7 Å². The predicted octanol–water partition coefficient (Wildman–Crippen LogP) is 3.18. The van der Waals surface area contributed by atoms with Gasteiger partial charge in [-0.05, 0) is 39.2 Å². The molecule has 1 aromatic rings. The average Bonchev–Trinajstić information content (AvgIpc) is 3.00. The molecule has 1 aliphatic heterocycles. The first-order valence-electron chi connectivity index (χ1n) is 7.42. The summed E-state index contributed by atoms with van der Waals surface area (Å²) in [7, 11) is 0. The predicted molar refractivity (Wildman–Crippen MR) is 77.2 cm³/mol. The Hall–Kier alpha value is -0.740. The zero-order valence-electron chi connectivity index (χ0n) is 11.6. The molecule has 1 saturated heterocycles. The lowest BCUT2D eigenvalue weighted by molar-refractivity contribution is -0.126. The van der Waals surface area contributed by atoms with E-state index in [1.54, 1.807) is 11.3 Å². The molecule has 0 N–H and O–H groups in total. The summed E-state index contributed by atoms with van der Waals surface area (Å²) in [5, 5.41) is 1.14. The van der Waals surface area contributed by atoms with Crippen molar-refractivity contribution in [2.75, 3.05) is 6.54 Å². The Balaban J connectivity index is 1.68. The van der Waals surface area contributed by atoms with Gasteiger partial charge in [0.1, 0.15) is 5.78 Å². The van der Waals surface area contributed by atoms with Crippen molar-refractivity contribution in [2.24, 2.45) is 5.92 Å². The van der Waals surface area contributed by atoms with Crippen LogP contribution in [0.15, 0.2) is 6.20 Å². The third kappa shape index (κ3) is 2.90. The smallest absolute Gasteiger partial charge is 0.137 e. The van der Waals surface area contributed by atoms with E-state index in [4.69, 9.17) is 0 Å². The molecule has 19 heavy (non-hydrogen) atoms.